The van der Waals surface area contributed by atoms with E-state index in [1.165, 1.54) is 12.1 Å². The van der Waals surface area contributed by atoms with Crippen molar-refractivity contribution in [2.45, 2.75) is 4.90 Å². The Hall–Kier alpha value is -3.58. The number of fused-ring (bicyclic) bond motifs is 2. The third-order valence-electron chi connectivity index (χ3n) is 4.35. The second-order valence-electron chi connectivity index (χ2n) is 6.07. The molecule has 0 aliphatic rings. The van der Waals surface area contributed by atoms with Crippen molar-refractivity contribution in [2.75, 3.05) is 5.73 Å². The fourth-order valence-electron chi connectivity index (χ4n) is 3.00. The number of nitrogen functional groups attached to an aromatic ring is 1. The smallest absolute Gasteiger partial charge is 0.261 e. The third kappa shape index (κ3) is 4.14. The molecule has 0 amide bonds. The van der Waals surface area contributed by atoms with Crippen LogP contribution in [0, 0.1) is 22.7 Å². The van der Waals surface area contributed by atoms with Crippen molar-refractivity contribution < 1.29 is 8.42 Å². The van der Waals surface area contributed by atoms with E-state index in [1.54, 1.807) is 36.4 Å². The maximum Gasteiger partial charge on any atom is 0.261 e. The van der Waals surface area contributed by atoms with Gasteiger partial charge < -0.3 is 5.73 Å². The molecule has 0 aliphatic heterocycles. The van der Waals surface area contributed by atoms with Gasteiger partial charge in [0.05, 0.1) is 28.2 Å². The van der Waals surface area contributed by atoms with Gasteiger partial charge in [0, 0.05) is 37.9 Å². The van der Waals surface area contributed by atoms with Crippen LogP contribution in [-0.4, -0.2) is 8.42 Å². The molecule has 0 heterocycles. The van der Waals surface area contributed by atoms with E-state index in [-0.39, 0.29) is 4.90 Å². The quantitative estimate of drug-likeness (QED) is 0.347. The molecule has 142 valence electrons. The lowest BCUT2D eigenvalue weighted by Gasteiger charge is -2.04. The molecule has 4 aromatic carbocycles. The summed E-state index contributed by atoms with van der Waals surface area (Å²) in [5.41, 5.74) is 7.59. The summed E-state index contributed by atoms with van der Waals surface area (Å²) in [4.78, 5) is 0.0313. The van der Waals surface area contributed by atoms with Gasteiger partial charge in [-0.3, -0.25) is 0 Å². The number of benzene rings is 4. The predicted molar refractivity (Wildman–Crippen MR) is 115 cm³/mol. The second-order valence-corrected chi connectivity index (χ2v) is 8.60. The zero-order valence-electron chi connectivity index (χ0n) is 15.0. The van der Waals surface area contributed by atoms with E-state index < -0.39 is 9.05 Å². The molecule has 7 heteroatoms. The minimum Gasteiger partial charge on any atom is -0.398 e. The Morgan fingerprint density at radius 1 is 0.690 bits per heavy atom. The molecular weight excluding hydrogens is 406 g/mol. The number of rotatable bonds is 1. The molecule has 0 radical (unpaired) electrons. The highest BCUT2D eigenvalue weighted by Gasteiger charge is 2.15. The van der Waals surface area contributed by atoms with E-state index in [4.69, 9.17) is 26.9 Å². The largest absolute Gasteiger partial charge is 0.398 e. The number of hydrogen-bond acceptors (Lipinski definition) is 5. The number of nitrogens with two attached hydrogens (primary N) is 1. The Labute approximate surface area is 172 Å². The molecule has 0 spiro atoms. The second kappa shape index (κ2) is 8.20. The average molecular weight is 420 g/mol. The van der Waals surface area contributed by atoms with Crippen molar-refractivity contribution in [3.8, 4) is 12.1 Å². The maximum atomic E-state index is 11.3. The zero-order chi connectivity index (χ0) is 21.0. The van der Waals surface area contributed by atoms with Crippen molar-refractivity contribution in [3.63, 3.8) is 0 Å². The van der Waals surface area contributed by atoms with Gasteiger partial charge in [-0.2, -0.15) is 10.5 Å². The van der Waals surface area contributed by atoms with Crippen LogP contribution in [-0.2, 0) is 9.05 Å². The first kappa shape index (κ1) is 20.2. The van der Waals surface area contributed by atoms with Crippen molar-refractivity contribution in [1.29, 1.82) is 10.5 Å². The van der Waals surface area contributed by atoms with Crippen LogP contribution in [0.4, 0.5) is 5.69 Å². The van der Waals surface area contributed by atoms with Crippen molar-refractivity contribution in [1.82, 2.24) is 0 Å². The van der Waals surface area contributed by atoms with Crippen molar-refractivity contribution in [2.24, 2.45) is 0 Å². The Kier molecular flexibility index (Phi) is 5.70. The standard InChI is InChI=1S/C11H6ClNO2S.C11H8N2/c12-16(14,15)11-6-5-8(7-13)9-3-1-2-4-10(9)11;12-7-8-5-6-11(13)10-4-2-1-3-9(8)10/h1-6H;1-6H,13H2. The lowest BCUT2D eigenvalue weighted by Crippen LogP contribution is -1.93. The highest BCUT2D eigenvalue weighted by Crippen LogP contribution is 2.28. The molecule has 0 fully saturated rings. The summed E-state index contributed by atoms with van der Waals surface area (Å²) in [6, 6.07) is 24.9. The van der Waals surface area contributed by atoms with Crippen LogP contribution in [0.2, 0.25) is 0 Å². The van der Waals surface area contributed by atoms with Crippen molar-refractivity contribution >= 4 is 47.0 Å². The summed E-state index contributed by atoms with van der Waals surface area (Å²) >= 11 is 0. The molecule has 29 heavy (non-hydrogen) atoms. The zero-order valence-corrected chi connectivity index (χ0v) is 16.6. The fourth-order valence-corrected chi connectivity index (χ4v) is 4.08. The summed E-state index contributed by atoms with van der Waals surface area (Å²) < 4.78 is 22.7. The number of nitriles is 2. The Morgan fingerprint density at radius 2 is 1.14 bits per heavy atom. The Bertz CT molecular complexity index is 1420. The molecule has 0 unspecified atom stereocenters. The third-order valence-corrected chi connectivity index (χ3v) is 5.73. The van der Waals surface area contributed by atoms with Gasteiger partial charge in [-0.15, -0.1) is 0 Å². The first-order chi connectivity index (χ1) is 13.9. The minimum absolute atomic E-state index is 0.0313. The Morgan fingerprint density at radius 3 is 1.66 bits per heavy atom. The predicted octanol–water partition coefficient (Wildman–Crippen LogP) is 4.93. The van der Waals surface area contributed by atoms with E-state index in [0.717, 1.165) is 16.5 Å². The van der Waals surface area contributed by atoms with Crippen LogP contribution in [0.3, 0.4) is 0 Å². The molecule has 0 bridgehead atoms. The van der Waals surface area contributed by atoms with Crippen LogP contribution in [0.5, 0.6) is 0 Å². The SMILES string of the molecule is N#Cc1ccc(N)c2ccccc12.N#Cc1ccc(S(=O)(=O)Cl)c2ccccc12. The average Bonchev–Trinajstić information content (AvgIpc) is 2.73. The van der Waals surface area contributed by atoms with Crippen LogP contribution in [0.1, 0.15) is 11.1 Å². The summed E-state index contributed by atoms with van der Waals surface area (Å²) in [5.74, 6) is 0. The van der Waals surface area contributed by atoms with Gasteiger partial charge in [-0.1, -0.05) is 48.5 Å². The maximum absolute atomic E-state index is 11.3. The molecule has 0 atom stereocenters. The molecule has 4 aromatic rings. The molecule has 0 aromatic heterocycles. The number of nitrogens with zero attached hydrogens (tertiary/aromatic N) is 2. The van der Waals surface area contributed by atoms with E-state index in [0.29, 0.717) is 21.9 Å². The summed E-state index contributed by atoms with van der Waals surface area (Å²) in [6.45, 7) is 0. The van der Waals surface area contributed by atoms with Crippen LogP contribution < -0.4 is 5.73 Å². The molecule has 2 N–H and O–H groups in total. The lowest BCUT2D eigenvalue weighted by molar-refractivity contribution is 0.610. The summed E-state index contributed by atoms with van der Waals surface area (Å²) in [7, 11) is 1.53. The Balaban J connectivity index is 0.000000169. The van der Waals surface area contributed by atoms with Gasteiger partial charge in [-0.25, -0.2) is 8.42 Å². The molecular formula is C22H14ClN3O2S. The van der Waals surface area contributed by atoms with E-state index in [1.807, 2.05) is 30.3 Å². The fraction of sp³-hybridized carbons (Fsp3) is 0. The van der Waals surface area contributed by atoms with Gasteiger partial charge in [0.1, 0.15) is 0 Å². The molecule has 0 saturated heterocycles. The van der Waals surface area contributed by atoms with Gasteiger partial charge >= 0.3 is 0 Å². The van der Waals surface area contributed by atoms with Crippen LogP contribution in [0.15, 0.2) is 77.7 Å². The van der Waals surface area contributed by atoms with Crippen molar-refractivity contribution in [3.05, 3.63) is 83.9 Å². The molecule has 4 rings (SSSR count). The summed E-state index contributed by atoms with van der Waals surface area (Å²) in [5, 5.41) is 20.7. The topological polar surface area (TPSA) is 108 Å². The molecule has 0 aliphatic carbocycles. The van der Waals surface area contributed by atoms with Gasteiger partial charge in [-0.05, 0) is 24.3 Å². The van der Waals surface area contributed by atoms with Crippen LogP contribution in [0.25, 0.3) is 21.5 Å². The number of halogens is 1. The first-order valence-electron chi connectivity index (χ1n) is 8.40. The number of anilines is 1. The van der Waals surface area contributed by atoms with Crippen LogP contribution >= 0.6 is 10.7 Å². The molecule has 0 saturated carbocycles. The molecule has 5 nitrogen and oxygen atoms in total. The van der Waals surface area contributed by atoms with Gasteiger partial charge in [0.2, 0.25) is 0 Å². The number of hydrogen-bond donors (Lipinski definition) is 1. The minimum atomic E-state index is -3.79. The van der Waals surface area contributed by atoms with E-state index >= 15 is 0 Å². The van der Waals surface area contributed by atoms with Gasteiger partial charge in [0.25, 0.3) is 9.05 Å². The normalized spacial score (nSPS) is 10.6. The highest BCUT2D eigenvalue weighted by atomic mass is 35.7. The lowest BCUT2D eigenvalue weighted by atomic mass is 10.0. The summed E-state index contributed by atoms with van der Waals surface area (Å²) in [6.07, 6.45) is 0. The van der Waals surface area contributed by atoms with E-state index in [9.17, 15) is 8.42 Å². The highest BCUT2D eigenvalue weighted by molar-refractivity contribution is 8.14. The monoisotopic (exact) mass is 419 g/mol. The van der Waals surface area contributed by atoms with Gasteiger partial charge in [0.15, 0.2) is 0 Å². The first-order valence-corrected chi connectivity index (χ1v) is 10.7. The van der Waals surface area contributed by atoms with E-state index in [2.05, 4.69) is 6.07 Å².